The summed E-state index contributed by atoms with van der Waals surface area (Å²) in [7, 11) is -2.72. The Morgan fingerprint density at radius 3 is 2.48 bits per heavy atom. The standard InChI is InChI=1S/C19H24N4O5S/c1-13-5-6-17(26-4)18(11-13)29(24,25)28-16-10-14(2)9-15(12-16)27-8-7-23(22-3)19(20)21/h5-6,9-12H,3,7-8H2,1-2,4H3,(H3,20,21). The Hall–Kier alpha value is -3.27. The van der Waals surface area contributed by atoms with Crippen molar-refractivity contribution < 1.29 is 22.1 Å². The van der Waals surface area contributed by atoms with Gasteiger partial charge in [-0.05, 0) is 49.2 Å². The highest BCUT2D eigenvalue weighted by Crippen LogP contribution is 2.30. The number of hydrogen-bond donors (Lipinski definition) is 2. The molecule has 156 valence electrons. The maximum absolute atomic E-state index is 12.8. The van der Waals surface area contributed by atoms with Crippen LogP contribution in [0.4, 0.5) is 0 Å². The second-order valence-electron chi connectivity index (χ2n) is 6.17. The van der Waals surface area contributed by atoms with E-state index in [0.717, 1.165) is 11.1 Å². The van der Waals surface area contributed by atoms with Gasteiger partial charge in [0.15, 0.2) is 0 Å². The minimum Gasteiger partial charge on any atom is -0.495 e. The summed E-state index contributed by atoms with van der Waals surface area (Å²) in [6.45, 7) is 7.25. The lowest BCUT2D eigenvalue weighted by Crippen LogP contribution is -2.34. The summed E-state index contributed by atoms with van der Waals surface area (Å²) in [5.41, 5.74) is 6.86. The van der Waals surface area contributed by atoms with E-state index in [-0.39, 0.29) is 35.5 Å². The van der Waals surface area contributed by atoms with E-state index >= 15 is 0 Å². The Kier molecular flexibility index (Phi) is 7.05. The summed E-state index contributed by atoms with van der Waals surface area (Å²) in [6, 6.07) is 9.59. The van der Waals surface area contributed by atoms with Crippen LogP contribution in [-0.2, 0) is 10.1 Å². The van der Waals surface area contributed by atoms with Crippen molar-refractivity contribution in [2.24, 2.45) is 10.8 Å². The van der Waals surface area contributed by atoms with E-state index in [1.54, 1.807) is 38.1 Å². The molecule has 0 bridgehead atoms. The molecule has 0 amide bonds. The molecular formula is C19H24N4O5S. The van der Waals surface area contributed by atoms with E-state index in [2.05, 4.69) is 11.8 Å². The van der Waals surface area contributed by atoms with E-state index < -0.39 is 10.1 Å². The second-order valence-corrected chi connectivity index (χ2v) is 7.69. The van der Waals surface area contributed by atoms with Crippen molar-refractivity contribution in [1.29, 1.82) is 5.41 Å². The molecular weight excluding hydrogens is 396 g/mol. The number of nitrogens with one attached hydrogen (secondary N) is 1. The van der Waals surface area contributed by atoms with Gasteiger partial charge in [-0.1, -0.05) is 6.07 Å². The first-order valence-electron chi connectivity index (χ1n) is 8.58. The van der Waals surface area contributed by atoms with Gasteiger partial charge >= 0.3 is 10.1 Å². The van der Waals surface area contributed by atoms with Crippen LogP contribution in [0.3, 0.4) is 0 Å². The number of nitrogens with zero attached hydrogens (tertiary/aromatic N) is 2. The van der Waals surface area contributed by atoms with Gasteiger partial charge in [-0.3, -0.25) is 5.41 Å². The third-order valence-corrected chi connectivity index (χ3v) is 5.11. The highest BCUT2D eigenvalue weighted by Gasteiger charge is 2.22. The van der Waals surface area contributed by atoms with Gasteiger partial charge in [0.25, 0.3) is 0 Å². The lowest BCUT2D eigenvalue weighted by molar-refractivity contribution is 0.271. The first-order chi connectivity index (χ1) is 13.7. The van der Waals surface area contributed by atoms with Gasteiger partial charge in [0.05, 0.1) is 13.7 Å². The highest BCUT2D eigenvalue weighted by molar-refractivity contribution is 7.87. The van der Waals surface area contributed by atoms with Crippen molar-refractivity contribution in [3.8, 4) is 17.2 Å². The summed E-state index contributed by atoms with van der Waals surface area (Å²) < 4.78 is 41.6. The molecule has 0 radical (unpaired) electrons. The number of hydrogen-bond acceptors (Lipinski definition) is 7. The number of benzene rings is 2. The molecule has 2 rings (SSSR count). The molecule has 10 heteroatoms. The van der Waals surface area contributed by atoms with E-state index in [1.165, 1.54) is 24.3 Å². The van der Waals surface area contributed by atoms with Gasteiger partial charge in [0.2, 0.25) is 5.96 Å². The number of aryl methyl sites for hydroxylation is 2. The fourth-order valence-electron chi connectivity index (χ4n) is 2.51. The highest BCUT2D eigenvalue weighted by atomic mass is 32.2. The summed E-state index contributed by atoms with van der Waals surface area (Å²) in [5.74, 6) is 0.448. The van der Waals surface area contributed by atoms with Crippen LogP contribution in [0.5, 0.6) is 17.2 Å². The van der Waals surface area contributed by atoms with Crippen LogP contribution in [0.2, 0.25) is 0 Å². The zero-order chi connectivity index (χ0) is 21.6. The molecule has 29 heavy (non-hydrogen) atoms. The van der Waals surface area contributed by atoms with Gasteiger partial charge in [-0.2, -0.15) is 13.5 Å². The monoisotopic (exact) mass is 420 g/mol. The van der Waals surface area contributed by atoms with Crippen molar-refractivity contribution in [3.63, 3.8) is 0 Å². The number of ether oxygens (including phenoxy) is 2. The maximum atomic E-state index is 12.8. The molecule has 2 aromatic carbocycles. The Bertz CT molecular complexity index is 1010. The average molecular weight is 420 g/mol. The minimum atomic E-state index is -4.12. The van der Waals surface area contributed by atoms with Crippen molar-refractivity contribution in [2.75, 3.05) is 20.3 Å². The SMILES string of the molecule is C=NN(CCOc1cc(C)cc(OS(=O)(=O)c2cc(C)ccc2OC)c1)C(=N)N. The number of nitrogens with two attached hydrogens (primary N) is 1. The first kappa shape index (κ1) is 22.0. The molecule has 0 aromatic heterocycles. The smallest absolute Gasteiger partial charge is 0.342 e. The van der Waals surface area contributed by atoms with Crippen LogP contribution in [-0.4, -0.2) is 46.4 Å². The molecule has 0 aliphatic carbocycles. The largest absolute Gasteiger partial charge is 0.495 e. The fraction of sp³-hybridized carbons (Fsp3) is 0.263. The lowest BCUT2D eigenvalue weighted by Gasteiger charge is -2.17. The van der Waals surface area contributed by atoms with Crippen molar-refractivity contribution in [3.05, 3.63) is 47.5 Å². The van der Waals surface area contributed by atoms with Crippen LogP contribution in [0, 0.1) is 19.3 Å². The molecule has 0 spiro atoms. The molecule has 0 aliphatic rings. The number of rotatable bonds is 9. The van der Waals surface area contributed by atoms with Gasteiger partial charge in [-0.15, -0.1) is 0 Å². The molecule has 0 saturated carbocycles. The molecule has 2 aromatic rings. The van der Waals surface area contributed by atoms with E-state index in [1.807, 2.05) is 0 Å². The summed E-state index contributed by atoms with van der Waals surface area (Å²) >= 11 is 0. The average Bonchev–Trinajstić information content (AvgIpc) is 2.64. The van der Waals surface area contributed by atoms with Gasteiger partial charge in [0.1, 0.15) is 28.8 Å². The molecule has 0 unspecified atom stereocenters. The molecule has 3 N–H and O–H groups in total. The fourth-order valence-corrected chi connectivity index (χ4v) is 3.68. The van der Waals surface area contributed by atoms with Crippen LogP contribution < -0.4 is 19.4 Å². The van der Waals surface area contributed by atoms with Crippen LogP contribution in [0.25, 0.3) is 0 Å². The molecule has 9 nitrogen and oxygen atoms in total. The molecule has 0 aliphatic heterocycles. The summed E-state index contributed by atoms with van der Waals surface area (Å²) in [5, 5.41) is 12.1. The number of guanidine groups is 1. The predicted octanol–water partition coefficient (Wildman–Crippen LogP) is 2.27. The number of hydrazone groups is 1. The van der Waals surface area contributed by atoms with Gasteiger partial charge in [-0.25, -0.2) is 5.01 Å². The molecule has 0 heterocycles. The summed E-state index contributed by atoms with van der Waals surface area (Å²) in [6.07, 6.45) is 0. The van der Waals surface area contributed by atoms with Crippen LogP contribution >= 0.6 is 0 Å². The van der Waals surface area contributed by atoms with Crippen molar-refractivity contribution in [2.45, 2.75) is 18.7 Å². The zero-order valence-corrected chi connectivity index (χ0v) is 17.3. The van der Waals surface area contributed by atoms with E-state index in [0.29, 0.717) is 5.75 Å². The van der Waals surface area contributed by atoms with E-state index in [4.69, 9.17) is 24.8 Å². The Morgan fingerprint density at radius 1 is 1.17 bits per heavy atom. The Labute approximate surface area is 170 Å². The Balaban J connectivity index is 2.20. The quantitative estimate of drug-likeness (QED) is 0.276. The van der Waals surface area contributed by atoms with E-state index in [9.17, 15) is 8.42 Å². The molecule has 0 saturated heterocycles. The molecule has 0 fully saturated rings. The van der Waals surface area contributed by atoms with Gasteiger partial charge < -0.3 is 19.4 Å². The summed E-state index contributed by atoms with van der Waals surface area (Å²) in [4.78, 5) is -0.0573. The third kappa shape index (κ3) is 5.85. The minimum absolute atomic E-state index is 0.0573. The topological polar surface area (TPSA) is 127 Å². The zero-order valence-electron chi connectivity index (χ0n) is 16.5. The second kappa shape index (κ2) is 9.28. The van der Waals surface area contributed by atoms with Crippen LogP contribution in [0.15, 0.2) is 46.4 Å². The van der Waals surface area contributed by atoms with Gasteiger partial charge in [0, 0.05) is 12.8 Å². The first-order valence-corrected chi connectivity index (χ1v) is 9.99. The van der Waals surface area contributed by atoms with Crippen LogP contribution in [0.1, 0.15) is 11.1 Å². The Morgan fingerprint density at radius 2 is 1.86 bits per heavy atom. The third-order valence-electron chi connectivity index (χ3n) is 3.84. The maximum Gasteiger partial charge on any atom is 0.342 e. The van der Waals surface area contributed by atoms with Crippen molar-refractivity contribution >= 4 is 22.8 Å². The lowest BCUT2D eigenvalue weighted by atomic mass is 10.2. The van der Waals surface area contributed by atoms with Crippen molar-refractivity contribution in [1.82, 2.24) is 5.01 Å². The molecule has 0 atom stereocenters. The number of methoxy groups -OCH3 is 1. The predicted molar refractivity (Wildman–Crippen MR) is 110 cm³/mol. The normalized spacial score (nSPS) is 10.9.